The van der Waals surface area contributed by atoms with Crippen molar-refractivity contribution in [3.8, 4) is 0 Å². The number of fused-ring (bicyclic) bond motifs is 1. The molecule has 0 aromatic carbocycles. The minimum absolute atomic E-state index is 0.0846. The number of nitrogens with one attached hydrogen (secondary N) is 1. The van der Waals surface area contributed by atoms with Crippen LogP contribution in [0.1, 0.15) is 53.4 Å². The van der Waals surface area contributed by atoms with Crippen molar-refractivity contribution in [1.29, 1.82) is 0 Å². The highest BCUT2D eigenvalue weighted by atomic mass is 32.2. The van der Waals surface area contributed by atoms with Crippen molar-refractivity contribution in [2.24, 2.45) is 7.05 Å². The van der Waals surface area contributed by atoms with Gasteiger partial charge in [-0.1, -0.05) is 18.2 Å². The minimum atomic E-state index is -0.324. The maximum atomic E-state index is 12.5. The summed E-state index contributed by atoms with van der Waals surface area (Å²) in [6.45, 7) is 2.13. The summed E-state index contributed by atoms with van der Waals surface area (Å²) in [4.78, 5) is 30.4. The van der Waals surface area contributed by atoms with Crippen molar-refractivity contribution < 1.29 is 14.3 Å². The maximum absolute atomic E-state index is 12.5. The normalized spacial score (nSPS) is 13.7. The fraction of sp³-hybridized carbons (Fsp3) is 0.526. The molecule has 0 radical (unpaired) electrons. The van der Waals surface area contributed by atoms with E-state index in [0.717, 1.165) is 36.4 Å². The highest BCUT2D eigenvalue weighted by Gasteiger charge is 2.26. The number of ether oxygens (including phenoxy) is 1. The Kier molecular flexibility index (Phi) is 6.95. The molecule has 146 valence electrons. The van der Waals surface area contributed by atoms with Crippen molar-refractivity contribution in [3.05, 3.63) is 28.4 Å². The van der Waals surface area contributed by atoms with E-state index in [1.165, 1.54) is 22.6 Å². The van der Waals surface area contributed by atoms with E-state index >= 15 is 0 Å². The summed E-state index contributed by atoms with van der Waals surface area (Å²) < 4.78 is 7.19. The monoisotopic (exact) mass is 407 g/mol. The van der Waals surface area contributed by atoms with E-state index in [1.807, 2.05) is 17.8 Å². The van der Waals surface area contributed by atoms with Gasteiger partial charge in [-0.3, -0.25) is 4.79 Å². The largest absolute Gasteiger partial charge is 0.462 e. The number of esters is 1. The molecule has 0 bridgehead atoms. The van der Waals surface area contributed by atoms with E-state index in [1.54, 1.807) is 24.9 Å². The number of nitrogens with zero attached hydrogens (tertiary/aromatic N) is 2. The van der Waals surface area contributed by atoms with Gasteiger partial charge in [0, 0.05) is 36.5 Å². The lowest BCUT2D eigenvalue weighted by atomic mass is 10.1. The second kappa shape index (κ2) is 9.41. The molecule has 2 aromatic rings. The van der Waals surface area contributed by atoms with Gasteiger partial charge >= 0.3 is 5.97 Å². The summed E-state index contributed by atoms with van der Waals surface area (Å²) >= 11 is 3.08. The van der Waals surface area contributed by atoms with Crippen molar-refractivity contribution in [2.75, 3.05) is 17.7 Å². The topological polar surface area (TPSA) is 73.2 Å². The molecule has 3 rings (SSSR count). The second-order valence-corrected chi connectivity index (χ2v) is 8.62. The van der Waals surface area contributed by atoms with Gasteiger partial charge in [0.25, 0.3) is 0 Å². The minimum Gasteiger partial charge on any atom is -0.462 e. The third-order valence-corrected chi connectivity index (χ3v) is 6.76. The van der Waals surface area contributed by atoms with E-state index in [2.05, 4.69) is 10.3 Å². The van der Waals surface area contributed by atoms with Gasteiger partial charge in [-0.25, -0.2) is 9.78 Å². The Bertz CT molecular complexity index is 813. The summed E-state index contributed by atoms with van der Waals surface area (Å²) in [5.41, 5.74) is 1.65. The average Bonchev–Trinajstić information content (AvgIpc) is 3.10. The molecule has 0 aliphatic heterocycles. The van der Waals surface area contributed by atoms with Crippen LogP contribution in [0.5, 0.6) is 0 Å². The molecule has 27 heavy (non-hydrogen) atoms. The fourth-order valence-corrected chi connectivity index (χ4v) is 5.33. The van der Waals surface area contributed by atoms with E-state index in [-0.39, 0.29) is 11.9 Å². The molecule has 1 aliphatic rings. The van der Waals surface area contributed by atoms with Gasteiger partial charge < -0.3 is 14.6 Å². The molecule has 0 unspecified atom stereocenters. The lowest BCUT2D eigenvalue weighted by Crippen LogP contribution is -2.15. The highest BCUT2D eigenvalue weighted by Crippen LogP contribution is 2.38. The van der Waals surface area contributed by atoms with E-state index < -0.39 is 0 Å². The maximum Gasteiger partial charge on any atom is 0.341 e. The number of rotatable bonds is 7. The summed E-state index contributed by atoms with van der Waals surface area (Å²) in [5, 5.41) is 4.49. The van der Waals surface area contributed by atoms with Crippen molar-refractivity contribution in [2.45, 2.75) is 50.6 Å². The molecule has 1 aliphatic carbocycles. The van der Waals surface area contributed by atoms with Crippen LogP contribution in [0.2, 0.25) is 0 Å². The number of imidazole rings is 1. The molecule has 8 heteroatoms. The number of aryl methyl sites for hydroxylation is 2. The number of anilines is 1. The summed E-state index contributed by atoms with van der Waals surface area (Å²) in [6.07, 6.45) is 9.22. The molecule has 0 spiro atoms. The van der Waals surface area contributed by atoms with Gasteiger partial charge in [0.1, 0.15) is 5.00 Å². The van der Waals surface area contributed by atoms with Crippen LogP contribution in [0.3, 0.4) is 0 Å². The first kappa shape index (κ1) is 19.9. The van der Waals surface area contributed by atoms with Crippen LogP contribution in [-0.4, -0.2) is 33.8 Å². The fourth-order valence-electron chi connectivity index (χ4n) is 3.17. The molecular formula is C19H25N3O3S2. The first-order valence-corrected chi connectivity index (χ1v) is 11.1. The van der Waals surface area contributed by atoms with Crippen LogP contribution in [0.4, 0.5) is 5.00 Å². The Balaban J connectivity index is 1.68. The van der Waals surface area contributed by atoms with Crippen LogP contribution < -0.4 is 5.32 Å². The lowest BCUT2D eigenvalue weighted by molar-refractivity contribution is -0.115. The van der Waals surface area contributed by atoms with Gasteiger partial charge in [0.05, 0.1) is 12.2 Å². The molecular weight excluding hydrogens is 382 g/mol. The molecule has 0 saturated heterocycles. The zero-order valence-corrected chi connectivity index (χ0v) is 17.4. The van der Waals surface area contributed by atoms with Crippen LogP contribution in [-0.2, 0) is 29.4 Å². The first-order chi connectivity index (χ1) is 13.1. The first-order valence-electron chi connectivity index (χ1n) is 9.31. The van der Waals surface area contributed by atoms with Gasteiger partial charge in [-0.2, -0.15) is 0 Å². The van der Waals surface area contributed by atoms with E-state index in [0.29, 0.717) is 29.3 Å². The van der Waals surface area contributed by atoms with E-state index in [4.69, 9.17) is 4.74 Å². The molecule has 0 atom stereocenters. The van der Waals surface area contributed by atoms with Gasteiger partial charge in [-0.15, -0.1) is 11.3 Å². The van der Waals surface area contributed by atoms with Gasteiger partial charge in [0.2, 0.25) is 5.91 Å². The van der Waals surface area contributed by atoms with Crippen LogP contribution >= 0.6 is 23.1 Å². The third kappa shape index (κ3) is 4.93. The molecule has 2 heterocycles. The Morgan fingerprint density at radius 3 is 2.89 bits per heavy atom. The average molecular weight is 408 g/mol. The van der Waals surface area contributed by atoms with Gasteiger partial charge in [-0.05, 0) is 38.2 Å². The number of hydrogen-bond donors (Lipinski definition) is 1. The predicted octanol–water partition coefficient (Wildman–Crippen LogP) is 4.05. The molecule has 1 amide bonds. The number of hydrogen-bond acceptors (Lipinski definition) is 6. The lowest BCUT2D eigenvalue weighted by Gasteiger charge is -2.08. The summed E-state index contributed by atoms with van der Waals surface area (Å²) in [5.74, 6) is 0.226. The number of carbonyl (C=O) groups excluding carboxylic acids is 2. The van der Waals surface area contributed by atoms with E-state index in [9.17, 15) is 9.59 Å². The molecule has 6 nitrogen and oxygen atoms in total. The number of thioether (sulfide) groups is 1. The Morgan fingerprint density at radius 1 is 1.33 bits per heavy atom. The zero-order valence-electron chi connectivity index (χ0n) is 15.7. The smallest absolute Gasteiger partial charge is 0.341 e. The molecule has 1 N–H and O–H groups in total. The van der Waals surface area contributed by atoms with Crippen LogP contribution in [0, 0.1) is 0 Å². The zero-order chi connectivity index (χ0) is 19.2. The summed E-state index contributed by atoms with van der Waals surface area (Å²) in [6, 6.07) is 0. The van der Waals surface area contributed by atoms with Crippen LogP contribution in [0.25, 0.3) is 0 Å². The van der Waals surface area contributed by atoms with Gasteiger partial charge in [0.15, 0.2) is 5.16 Å². The Morgan fingerprint density at radius 2 is 2.15 bits per heavy atom. The van der Waals surface area contributed by atoms with Crippen LogP contribution in [0.15, 0.2) is 17.6 Å². The molecule has 0 saturated carbocycles. The second-order valence-electron chi connectivity index (χ2n) is 6.46. The number of carbonyl (C=O) groups is 2. The SMILES string of the molecule is CCOC(=O)c1c(NC(=O)CCSc2nccn2C)sc2c1CCCCC2. The quantitative estimate of drug-likeness (QED) is 0.426. The number of amides is 1. The third-order valence-electron chi connectivity index (χ3n) is 4.49. The molecule has 2 aromatic heterocycles. The number of aromatic nitrogens is 2. The molecule has 0 fully saturated rings. The summed E-state index contributed by atoms with van der Waals surface area (Å²) in [7, 11) is 1.93. The highest BCUT2D eigenvalue weighted by molar-refractivity contribution is 7.99. The van der Waals surface area contributed by atoms with Crippen molar-refractivity contribution in [3.63, 3.8) is 0 Å². The predicted molar refractivity (Wildman–Crippen MR) is 109 cm³/mol. The van der Waals surface area contributed by atoms with Crippen molar-refractivity contribution >= 4 is 40.0 Å². The van der Waals surface area contributed by atoms with Crippen molar-refractivity contribution in [1.82, 2.24) is 9.55 Å². The Labute approximate surface area is 167 Å². The standard InChI is InChI=1S/C19H25N3O3S2/c1-3-25-18(24)16-13-7-5-4-6-8-14(13)27-17(16)21-15(23)9-12-26-19-20-10-11-22(19)2/h10-11H,3-9,12H2,1-2H3,(H,21,23). The number of thiophene rings is 1. The Hall–Kier alpha value is -1.80.